The number of hydrogen-bond donors (Lipinski definition) is 1. The van der Waals surface area contributed by atoms with Crippen LogP contribution in [0, 0.1) is 0 Å². The van der Waals surface area contributed by atoms with E-state index in [1.165, 1.54) is 24.9 Å². The predicted octanol–water partition coefficient (Wildman–Crippen LogP) is 6.11. The fraction of sp³-hybridized carbons (Fsp3) is 0.464. The van der Waals surface area contributed by atoms with Gasteiger partial charge in [0.05, 0.1) is 22.2 Å². The van der Waals surface area contributed by atoms with Gasteiger partial charge in [0.15, 0.2) is 0 Å². The van der Waals surface area contributed by atoms with Gasteiger partial charge in [-0.1, -0.05) is 37.5 Å². The lowest BCUT2D eigenvalue weighted by Crippen LogP contribution is -2.46. The number of rotatable bonds is 6. The van der Waals surface area contributed by atoms with Crippen LogP contribution in [-0.4, -0.2) is 53.3 Å². The van der Waals surface area contributed by atoms with Crippen molar-refractivity contribution in [3.63, 3.8) is 0 Å². The number of benzene rings is 2. The molecule has 0 amide bonds. The molecule has 0 atom stereocenters. The summed E-state index contributed by atoms with van der Waals surface area (Å²) in [6, 6.07) is 14.6. The number of para-hydroxylation sites is 1. The first-order valence-electron chi connectivity index (χ1n) is 12.8. The Kier molecular flexibility index (Phi) is 7.35. The highest BCUT2D eigenvalue weighted by Gasteiger charge is 2.30. The summed E-state index contributed by atoms with van der Waals surface area (Å²) in [6.07, 6.45) is 5.89. The minimum Gasteiger partial charge on any atom is -0.507 e. The van der Waals surface area contributed by atoms with Crippen LogP contribution < -0.4 is 4.90 Å². The van der Waals surface area contributed by atoms with Crippen molar-refractivity contribution >= 4 is 38.5 Å². The highest BCUT2D eigenvalue weighted by Crippen LogP contribution is 2.40. The molecule has 1 N–H and O–H groups in total. The first-order chi connectivity index (χ1) is 17.1. The molecule has 0 radical (unpaired) electrons. The zero-order chi connectivity index (χ0) is 24.4. The van der Waals surface area contributed by atoms with Crippen LogP contribution in [0.5, 0.6) is 5.75 Å². The average Bonchev–Trinajstić information content (AvgIpc) is 3.18. The van der Waals surface area contributed by atoms with Gasteiger partial charge in [0.25, 0.3) is 0 Å². The monoisotopic (exact) mass is 539 g/mol. The number of carbonyl (C=O) groups excluding carboxylic acids is 1. The Morgan fingerprint density at radius 3 is 2.46 bits per heavy atom. The largest absolute Gasteiger partial charge is 0.507 e. The Morgan fingerprint density at radius 1 is 1.06 bits per heavy atom. The minimum atomic E-state index is -0.299. The SMILES string of the molecule is CCOC(=O)c1c(CN2CCN(c3ccccc3)CC2)n(C2CCCCC2)c2cc(Br)c(O)cc12. The molecule has 2 aromatic carbocycles. The van der Waals surface area contributed by atoms with E-state index >= 15 is 0 Å². The molecule has 35 heavy (non-hydrogen) atoms. The van der Waals surface area contributed by atoms with Gasteiger partial charge in [0.1, 0.15) is 5.75 Å². The Balaban J connectivity index is 1.52. The maximum absolute atomic E-state index is 13.3. The van der Waals surface area contributed by atoms with Crippen LogP contribution in [0.3, 0.4) is 0 Å². The lowest BCUT2D eigenvalue weighted by Gasteiger charge is -2.37. The molecule has 0 spiro atoms. The molecule has 2 heterocycles. The molecule has 0 bridgehead atoms. The number of nitrogens with zero attached hydrogens (tertiary/aromatic N) is 3. The summed E-state index contributed by atoms with van der Waals surface area (Å²) in [7, 11) is 0. The standard InChI is InChI=1S/C28H34BrN3O3/c1-2-35-28(34)27-22-17-26(33)23(29)18-24(22)32(21-11-7-4-8-12-21)25(27)19-30-13-15-31(16-14-30)20-9-5-3-6-10-20/h3,5-6,9-10,17-18,21,33H,2,4,7-8,11-16,19H2,1H3. The van der Waals surface area contributed by atoms with Gasteiger partial charge in [-0.05, 0) is 60.0 Å². The van der Waals surface area contributed by atoms with E-state index in [1.807, 2.05) is 13.0 Å². The maximum Gasteiger partial charge on any atom is 0.340 e. The number of phenolic OH excluding ortho intramolecular Hbond substituents is 1. The highest BCUT2D eigenvalue weighted by atomic mass is 79.9. The Bertz CT molecular complexity index is 1180. The second-order valence-electron chi connectivity index (χ2n) is 9.62. The molecule has 1 aliphatic carbocycles. The molecule has 5 rings (SSSR count). The number of anilines is 1. The lowest BCUT2D eigenvalue weighted by atomic mass is 9.95. The topological polar surface area (TPSA) is 57.9 Å². The number of aromatic nitrogens is 1. The number of phenols is 1. The summed E-state index contributed by atoms with van der Waals surface area (Å²) < 4.78 is 8.59. The van der Waals surface area contributed by atoms with Crippen LogP contribution >= 0.6 is 15.9 Å². The highest BCUT2D eigenvalue weighted by molar-refractivity contribution is 9.10. The fourth-order valence-electron chi connectivity index (χ4n) is 5.73. The molecule has 2 fully saturated rings. The number of halogens is 1. The number of piperazine rings is 1. The molecule has 7 heteroatoms. The van der Waals surface area contributed by atoms with E-state index in [-0.39, 0.29) is 11.7 Å². The molecule has 1 aliphatic heterocycles. The third kappa shape index (κ3) is 4.94. The second-order valence-corrected chi connectivity index (χ2v) is 10.5. The number of hydrogen-bond acceptors (Lipinski definition) is 5. The van der Waals surface area contributed by atoms with Gasteiger partial charge >= 0.3 is 5.97 Å². The molecule has 1 aromatic heterocycles. The van der Waals surface area contributed by atoms with Crippen molar-refractivity contribution in [2.75, 3.05) is 37.7 Å². The quantitative estimate of drug-likeness (QED) is 0.382. The van der Waals surface area contributed by atoms with Crippen molar-refractivity contribution in [1.29, 1.82) is 0 Å². The zero-order valence-corrected chi connectivity index (χ0v) is 22.0. The van der Waals surface area contributed by atoms with Crippen LogP contribution in [0.15, 0.2) is 46.9 Å². The number of esters is 1. The van der Waals surface area contributed by atoms with Gasteiger partial charge in [0, 0.05) is 55.5 Å². The number of ether oxygens (including phenoxy) is 1. The molecule has 186 valence electrons. The maximum atomic E-state index is 13.3. The Labute approximate surface area is 215 Å². The number of aromatic hydroxyl groups is 1. The minimum absolute atomic E-state index is 0.145. The second kappa shape index (κ2) is 10.6. The van der Waals surface area contributed by atoms with Crippen LogP contribution in [0.1, 0.15) is 61.1 Å². The third-order valence-electron chi connectivity index (χ3n) is 7.46. The van der Waals surface area contributed by atoms with Gasteiger partial charge in [-0.25, -0.2) is 4.79 Å². The Hall–Kier alpha value is -2.51. The van der Waals surface area contributed by atoms with Crippen LogP contribution in [0.4, 0.5) is 5.69 Å². The number of fused-ring (bicyclic) bond motifs is 1. The smallest absolute Gasteiger partial charge is 0.340 e. The molecule has 0 unspecified atom stereocenters. The van der Waals surface area contributed by atoms with E-state index in [4.69, 9.17) is 4.74 Å². The third-order valence-corrected chi connectivity index (χ3v) is 8.09. The van der Waals surface area contributed by atoms with Gasteiger partial charge in [-0.15, -0.1) is 0 Å². The van der Waals surface area contributed by atoms with E-state index < -0.39 is 0 Å². The lowest BCUT2D eigenvalue weighted by molar-refractivity contribution is 0.0525. The van der Waals surface area contributed by atoms with Gasteiger partial charge in [-0.2, -0.15) is 0 Å². The summed E-state index contributed by atoms with van der Waals surface area (Å²) in [5.41, 5.74) is 3.90. The van der Waals surface area contributed by atoms with E-state index in [1.54, 1.807) is 6.07 Å². The van der Waals surface area contributed by atoms with Crippen LogP contribution in [-0.2, 0) is 11.3 Å². The van der Waals surface area contributed by atoms with Crippen molar-refractivity contribution in [1.82, 2.24) is 9.47 Å². The first-order valence-corrected chi connectivity index (χ1v) is 13.6. The summed E-state index contributed by atoms with van der Waals surface area (Å²) in [6.45, 7) is 6.63. The van der Waals surface area contributed by atoms with E-state index in [9.17, 15) is 9.90 Å². The summed E-state index contributed by atoms with van der Waals surface area (Å²) in [5, 5.41) is 11.3. The molecule has 6 nitrogen and oxygen atoms in total. The fourth-order valence-corrected chi connectivity index (χ4v) is 6.06. The van der Waals surface area contributed by atoms with Crippen molar-refractivity contribution in [3.05, 3.63) is 58.2 Å². The number of carbonyl (C=O) groups is 1. The van der Waals surface area contributed by atoms with Crippen molar-refractivity contribution in [3.8, 4) is 5.75 Å². The summed E-state index contributed by atoms with van der Waals surface area (Å²) in [4.78, 5) is 18.2. The summed E-state index contributed by atoms with van der Waals surface area (Å²) >= 11 is 3.51. The van der Waals surface area contributed by atoms with E-state index in [2.05, 4.69) is 60.6 Å². The molecule has 1 saturated carbocycles. The average molecular weight is 541 g/mol. The van der Waals surface area contributed by atoms with Gasteiger partial charge < -0.3 is 19.3 Å². The first kappa shape index (κ1) is 24.2. The Morgan fingerprint density at radius 2 is 1.77 bits per heavy atom. The van der Waals surface area contributed by atoms with Crippen LogP contribution in [0.25, 0.3) is 10.9 Å². The van der Waals surface area contributed by atoms with E-state index in [0.29, 0.717) is 29.2 Å². The van der Waals surface area contributed by atoms with Gasteiger partial charge in [0.2, 0.25) is 0 Å². The van der Waals surface area contributed by atoms with Crippen molar-refractivity contribution < 1.29 is 14.6 Å². The van der Waals surface area contributed by atoms with Crippen LogP contribution in [0.2, 0.25) is 0 Å². The van der Waals surface area contributed by atoms with Gasteiger partial charge in [-0.3, -0.25) is 4.90 Å². The van der Waals surface area contributed by atoms with Crippen molar-refractivity contribution in [2.45, 2.75) is 51.6 Å². The molecule has 2 aliphatic rings. The molecular formula is C28H34BrN3O3. The molecular weight excluding hydrogens is 506 g/mol. The predicted molar refractivity (Wildman–Crippen MR) is 143 cm³/mol. The normalized spacial score (nSPS) is 17.7. The van der Waals surface area contributed by atoms with Crippen molar-refractivity contribution in [2.24, 2.45) is 0 Å². The van der Waals surface area contributed by atoms with E-state index in [0.717, 1.165) is 55.6 Å². The molecule has 3 aromatic rings. The zero-order valence-electron chi connectivity index (χ0n) is 20.4. The molecule has 1 saturated heterocycles. The summed E-state index contributed by atoms with van der Waals surface area (Å²) in [5.74, 6) is -0.154.